The Kier molecular flexibility index (Phi) is 6.70. The number of urea groups is 1. The number of benzodiazepines with no additional fused rings is 1. The van der Waals surface area contributed by atoms with Crippen LogP contribution in [0, 0.1) is 5.82 Å². The van der Waals surface area contributed by atoms with E-state index < -0.39 is 23.9 Å². The fourth-order valence-corrected chi connectivity index (χ4v) is 3.76. The Balaban J connectivity index is 1.56. The van der Waals surface area contributed by atoms with Gasteiger partial charge in [-0.25, -0.2) is 14.2 Å². The van der Waals surface area contributed by atoms with Crippen LogP contribution in [-0.2, 0) is 11.2 Å². The van der Waals surface area contributed by atoms with E-state index in [9.17, 15) is 14.0 Å². The maximum Gasteiger partial charge on any atom is 0.316 e. The van der Waals surface area contributed by atoms with Gasteiger partial charge in [-0.05, 0) is 42.3 Å². The van der Waals surface area contributed by atoms with Gasteiger partial charge < -0.3 is 15.5 Å². The summed E-state index contributed by atoms with van der Waals surface area (Å²) >= 11 is 5.89. The Morgan fingerprint density at radius 1 is 1.03 bits per heavy atom. The lowest BCUT2D eigenvalue weighted by Crippen LogP contribution is -2.49. The molecule has 0 aliphatic carbocycles. The number of nitrogens with zero attached hydrogens (tertiary/aromatic N) is 2. The highest BCUT2D eigenvalue weighted by molar-refractivity contribution is 6.30. The summed E-state index contributed by atoms with van der Waals surface area (Å²) in [5, 5.41) is 6.00. The van der Waals surface area contributed by atoms with Crippen LogP contribution in [0.4, 0.5) is 14.9 Å². The maximum absolute atomic E-state index is 14.7. The molecule has 33 heavy (non-hydrogen) atoms. The topological polar surface area (TPSA) is 73.8 Å². The molecule has 1 unspecified atom stereocenters. The van der Waals surface area contributed by atoms with Crippen LogP contribution in [0.5, 0.6) is 0 Å². The molecular weight excluding hydrogens is 443 g/mol. The van der Waals surface area contributed by atoms with Crippen molar-refractivity contribution in [2.75, 3.05) is 18.5 Å². The summed E-state index contributed by atoms with van der Waals surface area (Å²) in [6.45, 7) is 0.355. The van der Waals surface area contributed by atoms with E-state index in [1.807, 2.05) is 12.1 Å². The molecule has 0 saturated carbocycles. The molecule has 1 atom stereocenters. The normalized spacial score (nSPS) is 15.4. The Bertz CT molecular complexity index is 1210. The van der Waals surface area contributed by atoms with Gasteiger partial charge in [-0.15, -0.1) is 0 Å². The lowest BCUT2D eigenvalue weighted by molar-refractivity contribution is -0.119. The van der Waals surface area contributed by atoms with Crippen molar-refractivity contribution in [3.05, 3.63) is 100 Å². The van der Waals surface area contributed by atoms with E-state index in [1.165, 1.54) is 11.0 Å². The van der Waals surface area contributed by atoms with Crippen molar-refractivity contribution in [2.24, 2.45) is 4.99 Å². The molecule has 0 fully saturated rings. The Morgan fingerprint density at radius 3 is 2.42 bits per heavy atom. The fourth-order valence-electron chi connectivity index (χ4n) is 3.63. The molecular formula is C25H22ClFN4O2. The number of benzene rings is 3. The minimum absolute atomic E-state index is 0.253. The monoisotopic (exact) mass is 464 g/mol. The molecule has 0 aromatic heterocycles. The zero-order chi connectivity index (χ0) is 23.4. The smallest absolute Gasteiger partial charge is 0.316 e. The molecule has 0 spiro atoms. The summed E-state index contributed by atoms with van der Waals surface area (Å²) in [7, 11) is 1.61. The van der Waals surface area contributed by atoms with Crippen molar-refractivity contribution in [3.63, 3.8) is 0 Å². The number of hydrogen-bond acceptors (Lipinski definition) is 3. The van der Waals surface area contributed by atoms with Gasteiger partial charge in [-0.3, -0.25) is 4.79 Å². The number of carbonyl (C=O) groups excluding carboxylic acids is 2. The minimum atomic E-state index is -1.22. The molecule has 8 heteroatoms. The number of aliphatic imine (C=N–C) groups is 1. The van der Waals surface area contributed by atoms with Gasteiger partial charge in [-0.2, -0.15) is 0 Å². The van der Waals surface area contributed by atoms with E-state index in [1.54, 1.807) is 61.6 Å². The number of nitrogens with one attached hydrogen (secondary N) is 2. The van der Waals surface area contributed by atoms with Gasteiger partial charge in [0.2, 0.25) is 6.17 Å². The SMILES string of the molecule is CN1C(=O)C(NC(=O)NCCc2ccc(Cl)cc2)N=C(c2ccccc2F)c2ccccc21. The summed E-state index contributed by atoms with van der Waals surface area (Å²) in [6.07, 6.45) is -0.620. The third kappa shape index (κ3) is 5.04. The van der Waals surface area contributed by atoms with E-state index in [-0.39, 0.29) is 5.56 Å². The molecule has 3 aromatic carbocycles. The number of anilines is 1. The van der Waals surface area contributed by atoms with Gasteiger partial charge in [0.25, 0.3) is 5.91 Å². The van der Waals surface area contributed by atoms with Crippen molar-refractivity contribution >= 4 is 34.9 Å². The first-order valence-electron chi connectivity index (χ1n) is 10.4. The standard InChI is InChI=1S/C25H22ClFN4O2/c1-31-21-9-5-3-7-19(21)22(18-6-2-4-8-20(18)27)29-23(24(31)32)30-25(33)28-15-14-16-10-12-17(26)13-11-16/h2-13,23H,14-15H2,1H3,(H2,28,30,33). The third-order valence-corrected chi connectivity index (χ3v) is 5.60. The predicted molar refractivity (Wildman–Crippen MR) is 127 cm³/mol. The number of carbonyl (C=O) groups is 2. The highest BCUT2D eigenvalue weighted by Crippen LogP contribution is 2.28. The number of likely N-dealkylation sites (N-methyl/N-ethyl adjacent to an activating group) is 1. The molecule has 3 amide bonds. The number of halogens is 2. The molecule has 168 valence electrons. The first-order valence-corrected chi connectivity index (χ1v) is 10.8. The Morgan fingerprint density at radius 2 is 1.70 bits per heavy atom. The maximum atomic E-state index is 14.7. The van der Waals surface area contributed by atoms with Gasteiger partial charge in [0.15, 0.2) is 0 Å². The summed E-state index contributed by atoms with van der Waals surface area (Å²) in [6, 6.07) is 20.1. The highest BCUT2D eigenvalue weighted by Gasteiger charge is 2.31. The quantitative estimate of drug-likeness (QED) is 0.595. The van der Waals surface area contributed by atoms with Crippen LogP contribution in [0.15, 0.2) is 77.8 Å². The summed E-state index contributed by atoms with van der Waals surface area (Å²) in [4.78, 5) is 31.6. The molecule has 0 radical (unpaired) electrons. The minimum Gasteiger partial charge on any atom is -0.338 e. The van der Waals surface area contributed by atoms with Crippen LogP contribution in [0.1, 0.15) is 16.7 Å². The molecule has 6 nitrogen and oxygen atoms in total. The number of para-hydroxylation sites is 1. The first kappa shape index (κ1) is 22.5. The average molecular weight is 465 g/mol. The third-order valence-electron chi connectivity index (χ3n) is 5.35. The number of fused-ring (bicyclic) bond motifs is 1. The second-order valence-electron chi connectivity index (χ2n) is 7.55. The van der Waals surface area contributed by atoms with Gasteiger partial charge in [-0.1, -0.05) is 54.1 Å². The largest absolute Gasteiger partial charge is 0.338 e. The molecule has 1 heterocycles. The Hall–Kier alpha value is -3.71. The van der Waals surface area contributed by atoms with E-state index in [0.717, 1.165) is 5.56 Å². The molecule has 0 saturated heterocycles. The molecule has 2 N–H and O–H groups in total. The van der Waals surface area contributed by atoms with Crippen LogP contribution in [-0.4, -0.2) is 37.4 Å². The molecule has 1 aliphatic heterocycles. The van der Waals surface area contributed by atoms with Crippen molar-refractivity contribution in [1.82, 2.24) is 10.6 Å². The summed E-state index contributed by atoms with van der Waals surface area (Å²) in [5.41, 5.74) is 2.75. The highest BCUT2D eigenvalue weighted by atomic mass is 35.5. The average Bonchev–Trinajstić information content (AvgIpc) is 2.92. The van der Waals surface area contributed by atoms with Crippen LogP contribution in [0.3, 0.4) is 0 Å². The lowest BCUT2D eigenvalue weighted by atomic mass is 10.00. The fraction of sp³-hybridized carbons (Fsp3) is 0.160. The second kappa shape index (κ2) is 9.83. The van der Waals surface area contributed by atoms with Gasteiger partial charge in [0.1, 0.15) is 5.82 Å². The first-order chi connectivity index (χ1) is 15.9. The molecule has 0 bridgehead atoms. The summed E-state index contributed by atoms with van der Waals surface area (Å²) < 4.78 is 14.7. The van der Waals surface area contributed by atoms with E-state index in [0.29, 0.717) is 35.0 Å². The summed E-state index contributed by atoms with van der Waals surface area (Å²) in [5.74, 6) is -0.893. The van der Waals surface area contributed by atoms with Crippen LogP contribution < -0.4 is 15.5 Å². The van der Waals surface area contributed by atoms with Gasteiger partial charge in [0, 0.05) is 29.7 Å². The number of rotatable bonds is 5. The Labute approximate surface area is 196 Å². The molecule has 3 aromatic rings. The number of hydrogen-bond donors (Lipinski definition) is 2. The van der Waals surface area contributed by atoms with E-state index >= 15 is 0 Å². The lowest BCUT2D eigenvalue weighted by Gasteiger charge is -2.21. The molecule has 4 rings (SSSR count). The van der Waals surface area contributed by atoms with Crippen LogP contribution in [0.2, 0.25) is 5.02 Å². The zero-order valence-electron chi connectivity index (χ0n) is 17.9. The van der Waals surface area contributed by atoms with E-state index in [4.69, 9.17) is 11.6 Å². The van der Waals surface area contributed by atoms with Gasteiger partial charge >= 0.3 is 6.03 Å². The van der Waals surface area contributed by atoms with Crippen molar-refractivity contribution in [3.8, 4) is 0 Å². The van der Waals surface area contributed by atoms with E-state index in [2.05, 4.69) is 15.6 Å². The number of amides is 3. The van der Waals surface area contributed by atoms with Crippen LogP contribution in [0.25, 0.3) is 0 Å². The van der Waals surface area contributed by atoms with Crippen molar-refractivity contribution in [2.45, 2.75) is 12.6 Å². The second-order valence-corrected chi connectivity index (χ2v) is 7.99. The van der Waals surface area contributed by atoms with Crippen molar-refractivity contribution in [1.29, 1.82) is 0 Å². The van der Waals surface area contributed by atoms with Crippen LogP contribution >= 0.6 is 11.6 Å². The predicted octanol–water partition coefficient (Wildman–Crippen LogP) is 4.16. The molecule has 1 aliphatic rings. The zero-order valence-corrected chi connectivity index (χ0v) is 18.6. The van der Waals surface area contributed by atoms with Crippen molar-refractivity contribution < 1.29 is 14.0 Å². The van der Waals surface area contributed by atoms with Gasteiger partial charge in [0.05, 0.1) is 11.4 Å².